The monoisotopic (exact) mass is 336 g/mol. The summed E-state index contributed by atoms with van der Waals surface area (Å²) in [5.74, 6) is 0.00663. The van der Waals surface area contributed by atoms with Crippen molar-refractivity contribution in [3.63, 3.8) is 0 Å². The number of carboxylic acid groups (broad SMARTS) is 1. The van der Waals surface area contributed by atoms with Gasteiger partial charge in [-0.15, -0.1) is 0 Å². The predicted octanol–water partition coefficient (Wildman–Crippen LogP) is 0.789. The molecule has 0 fully saturated rings. The van der Waals surface area contributed by atoms with E-state index in [1.807, 2.05) is 23.7 Å². The lowest BCUT2D eigenvalue weighted by atomic mass is 10.2. The Labute approximate surface area is 140 Å². The van der Waals surface area contributed by atoms with Crippen LogP contribution < -0.4 is 10.6 Å². The number of aliphatic hydroxyl groups is 2. The number of anilines is 2. The fourth-order valence-corrected chi connectivity index (χ4v) is 2.63. The number of imidazole rings is 1. The second-order valence-corrected chi connectivity index (χ2v) is 5.49. The third kappa shape index (κ3) is 4.15. The van der Waals surface area contributed by atoms with Crippen molar-refractivity contribution < 1.29 is 20.1 Å². The van der Waals surface area contributed by atoms with Gasteiger partial charge in [0.25, 0.3) is 0 Å². The summed E-state index contributed by atoms with van der Waals surface area (Å²) < 4.78 is 1.96. The van der Waals surface area contributed by atoms with E-state index in [0.717, 1.165) is 28.2 Å². The zero-order valence-electron chi connectivity index (χ0n) is 13.7. The van der Waals surface area contributed by atoms with Crippen LogP contribution in [0, 0.1) is 0 Å². The van der Waals surface area contributed by atoms with Crippen LogP contribution in [-0.4, -0.2) is 57.1 Å². The topological polar surface area (TPSA) is 120 Å². The van der Waals surface area contributed by atoms with E-state index >= 15 is 0 Å². The number of nitrogens with zero attached hydrogens (tertiary/aromatic N) is 2. The molecule has 0 amide bonds. The van der Waals surface area contributed by atoms with E-state index < -0.39 is 5.97 Å². The van der Waals surface area contributed by atoms with Crippen LogP contribution in [0.5, 0.6) is 0 Å². The number of benzene rings is 1. The molecule has 1 aromatic carbocycles. The molecule has 0 spiro atoms. The SMILES string of the molecule is Cn1c(CCCC(=O)O)nc2c(NCCO)c(NCCO)ccc21. The summed E-state index contributed by atoms with van der Waals surface area (Å²) in [5.41, 5.74) is 3.27. The molecule has 0 aliphatic carbocycles. The molecule has 0 aliphatic rings. The van der Waals surface area contributed by atoms with Gasteiger partial charge in [0.05, 0.1) is 30.1 Å². The maximum absolute atomic E-state index is 10.7. The predicted molar refractivity (Wildman–Crippen MR) is 92.4 cm³/mol. The van der Waals surface area contributed by atoms with Gasteiger partial charge in [0, 0.05) is 33.0 Å². The van der Waals surface area contributed by atoms with Gasteiger partial charge in [0.1, 0.15) is 11.3 Å². The quantitative estimate of drug-likeness (QED) is 0.435. The maximum Gasteiger partial charge on any atom is 0.303 e. The Morgan fingerprint density at radius 1 is 1.21 bits per heavy atom. The van der Waals surface area contributed by atoms with Crippen LogP contribution in [0.25, 0.3) is 11.0 Å². The van der Waals surface area contributed by atoms with Gasteiger partial charge in [-0.1, -0.05) is 0 Å². The molecule has 5 N–H and O–H groups in total. The molecular formula is C16H24N4O4. The van der Waals surface area contributed by atoms with Crippen molar-refractivity contribution in [2.24, 2.45) is 7.05 Å². The van der Waals surface area contributed by atoms with E-state index in [-0.39, 0.29) is 19.6 Å². The third-order valence-electron chi connectivity index (χ3n) is 3.78. The molecule has 0 saturated heterocycles. The van der Waals surface area contributed by atoms with Crippen LogP contribution in [-0.2, 0) is 18.3 Å². The van der Waals surface area contributed by atoms with Gasteiger partial charge in [0.15, 0.2) is 0 Å². The van der Waals surface area contributed by atoms with Gasteiger partial charge in [-0.25, -0.2) is 4.98 Å². The largest absolute Gasteiger partial charge is 0.481 e. The number of nitrogens with one attached hydrogen (secondary N) is 2. The van der Waals surface area contributed by atoms with E-state index in [0.29, 0.717) is 25.9 Å². The van der Waals surface area contributed by atoms with Gasteiger partial charge in [0.2, 0.25) is 0 Å². The highest BCUT2D eigenvalue weighted by molar-refractivity contribution is 5.96. The first-order valence-corrected chi connectivity index (χ1v) is 7.98. The first-order valence-electron chi connectivity index (χ1n) is 7.98. The number of carboxylic acids is 1. The summed E-state index contributed by atoms with van der Waals surface area (Å²) in [6, 6.07) is 3.84. The first kappa shape index (κ1) is 18.0. The number of aryl methyl sites for hydroxylation is 2. The summed E-state index contributed by atoms with van der Waals surface area (Å²) in [4.78, 5) is 15.3. The summed E-state index contributed by atoms with van der Waals surface area (Å²) >= 11 is 0. The minimum Gasteiger partial charge on any atom is -0.481 e. The van der Waals surface area contributed by atoms with Gasteiger partial charge < -0.3 is 30.5 Å². The summed E-state index contributed by atoms with van der Waals surface area (Å²) in [6.07, 6.45) is 1.22. The van der Waals surface area contributed by atoms with Crippen molar-refractivity contribution in [3.8, 4) is 0 Å². The Hall–Kier alpha value is -2.32. The van der Waals surface area contributed by atoms with Crippen LogP contribution in [0.1, 0.15) is 18.7 Å². The molecule has 1 heterocycles. The molecule has 2 rings (SSSR count). The number of aliphatic carboxylic acids is 1. The minimum absolute atomic E-state index is 0.00582. The van der Waals surface area contributed by atoms with Crippen molar-refractivity contribution in [2.45, 2.75) is 19.3 Å². The second kappa shape index (κ2) is 8.51. The van der Waals surface area contributed by atoms with Crippen molar-refractivity contribution >= 4 is 28.4 Å². The van der Waals surface area contributed by atoms with Crippen LogP contribution in [0.2, 0.25) is 0 Å². The molecule has 8 heteroatoms. The molecule has 8 nitrogen and oxygen atoms in total. The molecule has 0 saturated carbocycles. The fourth-order valence-electron chi connectivity index (χ4n) is 2.63. The average Bonchev–Trinajstić information content (AvgIpc) is 2.87. The van der Waals surface area contributed by atoms with Gasteiger partial charge >= 0.3 is 5.97 Å². The molecule has 24 heavy (non-hydrogen) atoms. The van der Waals surface area contributed by atoms with Gasteiger partial charge in [-0.3, -0.25) is 4.79 Å². The standard InChI is InChI=1S/C16H24N4O4/c1-20-12-6-5-11(17-7-9-21)15(18-8-10-22)16(12)19-13(20)3-2-4-14(23)24/h5-6,17-18,21-22H,2-4,7-10H2,1H3,(H,23,24). The van der Waals surface area contributed by atoms with E-state index in [1.165, 1.54) is 0 Å². The molecule has 132 valence electrons. The van der Waals surface area contributed by atoms with E-state index in [9.17, 15) is 4.79 Å². The number of aromatic nitrogens is 2. The normalized spacial score (nSPS) is 11.0. The molecule has 1 aromatic heterocycles. The Balaban J connectivity index is 2.35. The van der Waals surface area contributed by atoms with Crippen LogP contribution in [0.15, 0.2) is 12.1 Å². The van der Waals surface area contributed by atoms with E-state index in [1.54, 1.807) is 0 Å². The van der Waals surface area contributed by atoms with Gasteiger partial charge in [-0.05, 0) is 18.6 Å². The zero-order valence-corrected chi connectivity index (χ0v) is 13.7. The van der Waals surface area contributed by atoms with E-state index in [2.05, 4.69) is 15.6 Å². The number of rotatable bonds is 10. The van der Waals surface area contributed by atoms with Gasteiger partial charge in [-0.2, -0.15) is 0 Å². The molecule has 0 unspecified atom stereocenters. The Kier molecular flexibility index (Phi) is 6.39. The molecule has 0 aliphatic heterocycles. The molecule has 2 aromatic rings. The third-order valence-corrected chi connectivity index (χ3v) is 3.78. The van der Waals surface area contributed by atoms with Crippen molar-refractivity contribution in [1.82, 2.24) is 9.55 Å². The first-order chi connectivity index (χ1) is 11.6. The lowest BCUT2D eigenvalue weighted by Gasteiger charge is -2.13. The van der Waals surface area contributed by atoms with Crippen LogP contribution in [0.3, 0.4) is 0 Å². The highest BCUT2D eigenvalue weighted by Crippen LogP contribution is 2.31. The lowest BCUT2D eigenvalue weighted by molar-refractivity contribution is -0.137. The van der Waals surface area contributed by atoms with Crippen molar-refractivity contribution in [2.75, 3.05) is 36.9 Å². The van der Waals surface area contributed by atoms with Crippen LogP contribution >= 0.6 is 0 Å². The number of hydrogen-bond donors (Lipinski definition) is 5. The number of fused-ring (bicyclic) bond motifs is 1. The summed E-state index contributed by atoms with van der Waals surface area (Å²) in [6.45, 7) is 0.809. The molecule has 0 atom stereocenters. The minimum atomic E-state index is -0.811. The molecular weight excluding hydrogens is 312 g/mol. The zero-order chi connectivity index (χ0) is 17.5. The summed E-state index contributed by atoms with van der Waals surface area (Å²) in [5, 5.41) is 33.2. The highest BCUT2D eigenvalue weighted by Gasteiger charge is 2.15. The second-order valence-electron chi connectivity index (χ2n) is 5.49. The fraction of sp³-hybridized carbons (Fsp3) is 0.500. The Morgan fingerprint density at radius 2 is 1.92 bits per heavy atom. The lowest BCUT2D eigenvalue weighted by Crippen LogP contribution is -2.11. The highest BCUT2D eigenvalue weighted by atomic mass is 16.4. The van der Waals surface area contributed by atoms with Crippen LogP contribution in [0.4, 0.5) is 11.4 Å². The number of carbonyl (C=O) groups is 1. The Morgan fingerprint density at radius 3 is 2.58 bits per heavy atom. The van der Waals surface area contributed by atoms with Crippen molar-refractivity contribution in [1.29, 1.82) is 0 Å². The Bertz CT molecular complexity index is 699. The smallest absolute Gasteiger partial charge is 0.303 e. The van der Waals surface area contributed by atoms with E-state index in [4.69, 9.17) is 15.3 Å². The number of aliphatic hydroxyl groups excluding tert-OH is 2. The summed E-state index contributed by atoms with van der Waals surface area (Å²) in [7, 11) is 1.90. The average molecular weight is 336 g/mol. The van der Waals surface area contributed by atoms with Crippen molar-refractivity contribution in [3.05, 3.63) is 18.0 Å². The number of hydrogen-bond acceptors (Lipinski definition) is 6. The molecule has 0 radical (unpaired) electrons. The maximum atomic E-state index is 10.7. The molecule has 0 bridgehead atoms.